The molecule has 0 unspecified atom stereocenters. The number of hydrogen-bond donors (Lipinski definition) is 1. The number of halogens is 5. The zero-order chi connectivity index (χ0) is 21.3. The predicted molar refractivity (Wildman–Crippen MR) is 93.9 cm³/mol. The molecule has 29 heavy (non-hydrogen) atoms. The van der Waals surface area contributed by atoms with Crippen LogP contribution in [0.15, 0.2) is 42.5 Å². The number of carbonyl (C=O) groups is 1. The van der Waals surface area contributed by atoms with E-state index in [-0.39, 0.29) is 5.75 Å². The number of aryl methyl sites for hydroxylation is 1. The highest BCUT2D eigenvalue weighted by Gasteiger charge is 2.28. The molecule has 8 heteroatoms. The fourth-order valence-corrected chi connectivity index (χ4v) is 2.71. The van der Waals surface area contributed by atoms with Crippen molar-refractivity contribution in [2.75, 3.05) is 0 Å². The fraction of sp³-hybridized carbons (Fsp3) is 0.0952. The van der Waals surface area contributed by atoms with E-state index < -0.39 is 47.2 Å². The monoisotopic (exact) mass is 408 g/mol. The van der Waals surface area contributed by atoms with Crippen LogP contribution in [0.3, 0.4) is 0 Å². The molecule has 0 saturated carbocycles. The summed E-state index contributed by atoms with van der Waals surface area (Å²) in [4.78, 5) is 12.0. The van der Waals surface area contributed by atoms with Gasteiger partial charge < -0.3 is 9.84 Å². The molecule has 3 aromatic rings. The smallest absolute Gasteiger partial charge is 0.315 e. The van der Waals surface area contributed by atoms with Gasteiger partial charge in [0.1, 0.15) is 5.75 Å². The number of benzene rings is 3. The third kappa shape index (κ3) is 4.06. The van der Waals surface area contributed by atoms with Gasteiger partial charge in [-0.25, -0.2) is 13.2 Å². The molecule has 0 aliphatic carbocycles. The number of esters is 1. The summed E-state index contributed by atoms with van der Waals surface area (Å²) in [7, 11) is 0. The van der Waals surface area contributed by atoms with Crippen LogP contribution < -0.4 is 4.74 Å². The van der Waals surface area contributed by atoms with Gasteiger partial charge >= 0.3 is 5.97 Å². The normalized spacial score (nSPS) is 10.8. The minimum absolute atomic E-state index is 0.109. The molecule has 0 heterocycles. The molecular formula is C21H13F5O3. The quantitative estimate of drug-likeness (QED) is 0.212. The molecule has 3 aromatic carbocycles. The Hall–Kier alpha value is -3.42. The Labute approximate surface area is 162 Å². The third-order valence-corrected chi connectivity index (χ3v) is 4.26. The second-order valence-corrected chi connectivity index (χ2v) is 6.24. The lowest BCUT2D eigenvalue weighted by molar-refractivity contribution is -0.134. The second kappa shape index (κ2) is 7.90. The summed E-state index contributed by atoms with van der Waals surface area (Å²) < 4.78 is 71.2. The van der Waals surface area contributed by atoms with Crippen LogP contribution in [0.4, 0.5) is 22.0 Å². The van der Waals surface area contributed by atoms with E-state index >= 15 is 0 Å². The van der Waals surface area contributed by atoms with Crippen LogP contribution in [0, 0.1) is 36.0 Å². The number of rotatable bonds is 4. The summed E-state index contributed by atoms with van der Waals surface area (Å²) in [6, 6.07) is 11.4. The van der Waals surface area contributed by atoms with Gasteiger partial charge in [0.05, 0.1) is 6.42 Å². The Kier molecular flexibility index (Phi) is 5.54. The summed E-state index contributed by atoms with van der Waals surface area (Å²) in [5.41, 5.74) is 2.69. The van der Waals surface area contributed by atoms with Gasteiger partial charge in [-0.15, -0.1) is 0 Å². The van der Waals surface area contributed by atoms with Crippen molar-refractivity contribution in [3.8, 4) is 22.6 Å². The van der Waals surface area contributed by atoms with Crippen molar-refractivity contribution in [2.45, 2.75) is 13.3 Å². The first-order valence-corrected chi connectivity index (χ1v) is 8.30. The van der Waals surface area contributed by atoms with Crippen molar-refractivity contribution >= 4 is 5.97 Å². The number of phenolic OH excluding ortho intramolecular Hbond substituents is 1. The van der Waals surface area contributed by atoms with Crippen LogP contribution in [-0.4, -0.2) is 11.1 Å². The lowest BCUT2D eigenvalue weighted by Crippen LogP contribution is -2.16. The number of ether oxygens (including phenoxy) is 1. The van der Waals surface area contributed by atoms with E-state index in [0.717, 1.165) is 11.1 Å². The van der Waals surface area contributed by atoms with E-state index in [4.69, 9.17) is 0 Å². The van der Waals surface area contributed by atoms with E-state index in [1.165, 1.54) is 12.1 Å². The van der Waals surface area contributed by atoms with Crippen LogP contribution in [-0.2, 0) is 11.2 Å². The first-order valence-electron chi connectivity index (χ1n) is 8.30. The minimum atomic E-state index is -2.33. The summed E-state index contributed by atoms with van der Waals surface area (Å²) in [6.07, 6.45) is -0.443. The van der Waals surface area contributed by atoms with Gasteiger partial charge in [0.25, 0.3) is 0 Å². The Bertz CT molecular complexity index is 1070. The molecule has 3 nitrogen and oxygen atoms in total. The highest BCUT2D eigenvalue weighted by atomic mass is 19.2. The molecule has 0 radical (unpaired) electrons. The Morgan fingerprint density at radius 3 is 1.90 bits per heavy atom. The van der Waals surface area contributed by atoms with Crippen molar-refractivity contribution in [2.24, 2.45) is 0 Å². The summed E-state index contributed by atoms with van der Waals surface area (Å²) in [5, 5.41) is 9.34. The van der Waals surface area contributed by atoms with Crippen LogP contribution in [0.2, 0.25) is 0 Å². The van der Waals surface area contributed by atoms with Crippen molar-refractivity contribution in [1.82, 2.24) is 0 Å². The van der Waals surface area contributed by atoms with Crippen molar-refractivity contribution in [1.29, 1.82) is 0 Å². The highest BCUT2D eigenvalue weighted by Crippen LogP contribution is 2.30. The molecule has 0 aromatic heterocycles. The van der Waals surface area contributed by atoms with Gasteiger partial charge in [-0.2, -0.15) is 8.78 Å². The average Bonchev–Trinajstić information content (AvgIpc) is 2.70. The largest absolute Gasteiger partial charge is 0.508 e. The zero-order valence-corrected chi connectivity index (χ0v) is 14.9. The lowest BCUT2D eigenvalue weighted by Gasteiger charge is -2.11. The molecule has 0 saturated heterocycles. The molecule has 0 fully saturated rings. The fourth-order valence-electron chi connectivity index (χ4n) is 2.71. The van der Waals surface area contributed by atoms with E-state index in [1.807, 2.05) is 0 Å². The topological polar surface area (TPSA) is 46.5 Å². The van der Waals surface area contributed by atoms with Gasteiger partial charge in [-0.1, -0.05) is 30.3 Å². The molecule has 0 bridgehead atoms. The van der Waals surface area contributed by atoms with E-state index in [1.54, 1.807) is 37.3 Å². The van der Waals surface area contributed by atoms with E-state index in [9.17, 15) is 31.9 Å². The number of phenols is 1. The molecule has 0 aliphatic heterocycles. The van der Waals surface area contributed by atoms with Crippen molar-refractivity contribution in [3.05, 3.63) is 82.7 Å². The van der Waals surface area contributed by atoms with Gasteiger partial charge in [0, 0.05) is 0 Å². The van der Waals surface area contributed by atoms with Crippen LogP contribution in [0.25, 0.3) is 11.1 Å². The van der Waals surface area contributed by atoms with E-state index in [2.05, 4.69) is 4.74 Å². The number of hydrogen-bond acceptors (Lipinski definition) is 3. The van der Waals surface area contributed by atoms with Crippen LogP contribution >= 0.6 is 0 Å². The first-order chi connectivity index (χ1) is 13.7. The maximum Gasteiger partial charge on any atom is 0.315 e. The van der Waals surface area contributed by atoms with Gasteiger partial charge in [-0.05, 0) is 41.3 Å². The maximum absolute atomic E-state index is 13.6. The average molecular weight is 408 g/mol. The van der Waals surface area contributed by atoms with Gasteiger partial charge in [-0.3, -0.25) is 4.79 Å². The molecule has 0 amide bonds. The van der Waals surface area contributed by atoms with Gasteiger partial charge in [0.2, 0.25) is 34.8 Å². The van der Waals surface area contributed by atoms with Crippen LogP contribution in [0.5, 0.6) is 11.5 Å². The SMILES string of the molecule is Cc1cc(-c2ccc(O)cc2)ccc1CC(=O)Oc1c(F)c(F)c(F)c(F)c1F. The van der Waals surface area contributed by atoms with Crippen LogP contribution in [0.1, 0.15) is 11.1 Å². The summed E-state index contributed by atoms with van der Waals surface area (Å²) >= 11 is 0. The molecule has 150 valence electrons. The molecule has 1 N–H and O–H groups in total. The Morgan fingerprint density at radius 2 is 1.34 bits per heavy atom. The van der Waals surface area contributed by atoms with E-state index in [0.29, 0.717) is 11.1 Å². The third-order valence-electron chi connectivity index (χ3n) is 4.26. The first kappa shape index (κ1) is 20.3. The summed E-state index contributed by atoms with van der Waals surface area (Å²) in [5.74, 6) is -13.9. The minimum Gasteiger partial charge on any atom is -0.508 e. The predicted octanol–water partition coefficient (Wildman–Crippen LogP) is 5.21. The summed E-state index contributed by atoms with van der Waals surface area (Å²) in [6.45, 7) is 1.69. The molecule has 3 rings (SSSR count). The Balaban J connectivity index is 1.81. The van der Waals surface area contributed by atoms with Crippen molar-refractivity contribution in [3.63, 3.8) is 0 Å². The molecule has 0 atom stereocenters. The number of aromatic hydroxyl groups is 1. The second-order valence-electron chi connectivity index (χ2n) is 6.24. The highest BCUT2D eigenvalue weighted by molar-refractivity contribution is 5.76. The maximum atomic E-state index is 13.6. The number of carbonyl (C=O) groups excluding carboxylic acids is 1. The van der Waals surface area contributed by atoms with Gasteiger partial charge in [0.15, 0.2) is 0 Å². The molecule has 0 spiro atoms. The molecule has 0 aliphatic rings. The van der Waals surface area contributed by atoms with Crippen molar-refractivity contribution < 1.29 is 36.6 Å². The zero-order valence-electron chi connectivity index (χ0n) is 14.9. The lowest BCUT2D eigenvalue weighted by atomic mass is 9.98. The molecular weight excluding hydrogens is 395 g/mol. The Morgan fingerprint density at radius 1 is 0.828 bits per heavy atom. The standard InChI is InChI=1S/C21H13F5O3/c1-10-8-13(11-4-6-14(27)7-5-11)3-2-12(10)9-15(28)29-21-19(25)17(23)16(22)18(24)20(21)26/h2-8,27H,9H2,1H3.